The Hall–Kier alpha value is -2.40. The molecule has 0 aliphatic rings. The Kier molecular flexibility index (Phi) is 6.53. The maximum Gasteiger partial charge on any atom is 0.230 e. The topological polar surface area (TPSA) is 66.7 Å². The molecular weight excluding hydrogens is 314 g/mol. The molecule has 5 nitrogen and oxygen atoms in total. The molecule has 0 unspecified atom stereocenters. The van der Waals surface area contributed by atoms with Crippen LogP contribution in [0.3, 0.4) is 0 Å². The number of aromatic nitrogens is 1. The lowest BCUT2D eigenvalue weighted by Gasteiger charge is -2.15. The van der Waals surface area contributed by atoms with Crippen LogP contribution in [0.25, 0.3) is 0 Å². The highest BCUT2D eigenvalue weighted by Crippen LogP contribution is 2.27. The predicted molar refractivity (Wildman–Crippen MR) is 101 cm³/mol. The van der Waals surface area contributed by atoms with Crippen molar-refractivity contribution in [3.63, 3.8) is 0 Å². The van der Waals surface area contributed by atoms with Crippen molar-refractivity contribution in [1.29, 1.82) is 0 Å². The normalized spacial score (nSPS) is 11.7. The van der Waals surface area contributed by atoms with E-state index < -0.39 is 0 Å². The summed E-state index contributed by atoms with van der Waals surface area (Å²) >= 11 is 0. The first-order valence-electron chi connectivity index (χ1n) is 8.69. The van der Waals surface area contributed by atoms with Gasteiger partial charge in [-0.15, -0.1) is 0 Å². The average Bonchev–Trinajstić information content (AvgIpc) is 2.59. The molecule has 1 heterocycles. The number of hydrogen-bond acceptors (Lipinski definition) is 4. The number of amidine groups is 1. The molecule has 0 amide bonds. The van der Waals surface area contributed by atoms with Crippen LogP contribution < -0.4 is 10.2 Å². The number of hydroxylamine groups is 1. The van der Waals surface area contributed by atoms with Crippen molar-refractivity contribution in [3.05, 3.63) is 52.7 Å². The first kappa shape index (κ1) is 18.9. The minimum absolute atomic E-state index is 0.130. The second-order valence-electron chi connectivity index (χ2n) is 6.24. The van der Waals surface area contributed by atoms with Gasteiger partial charge in [0.15, 0.2) is 5.84 Å². The Morgan fingerprint density at radius 2 is 1.88 bits per heavy atom. The van der Waals surface area contributed by atoms with Crippen molar-refractivity contribution in [1.82, 2.24) is 10.5 Å². The summed E-state index contributed by atoms with van der Waals surface area (Å²) in [4.78, 5) is 9.11. The van der Waals surface area contributed by atoms with E-state index in [1.807, 2.05) is 45.0 Å². The van der Waals surface area contributed by atoms with Crippen LogP contribution in [0.5, 0.6) is 11.6 Å². The van der Waals surface area contributed by atoms with Crippen LogP contribution in [0.15, 0.2) is 35.3 Å². The Morgan fingerprint density at radius 3 is 2.48 bits per heavy atom. The molecule has 0 aliphatic heterocycles. The van der Waals surface area contributed by atoms with E-state index in [1.54, 1.807) is 0 Å². The zero-order valence-corrected chi connectivity index (χ0v) is 15.6. The summed E-state index contributed by atoms with van der Waals surface area (Å²) in [6, 6.07) is 9.87. The van der Waals surface area contributed by atoms with Crippen molar-refractivity contribution in [2.45, 2.75) is 53.5 Å². The number of aliphatic imine (C=N–C) groups is 1. The van der Waals surface area contributed by atoms with Gasteiger partial charge in [-0.3, -0.25) is 15.7 Å². The molecule has 2 rings (SSSR count). The fraction of sp³-hybridized carbons (Fsp3) is 0.400. The van der Waals surface area contributed by atoms with E-state index in [0.29, 0.717) is 17.3 Å². The molecule has 5 heteroatoms. The third-order valence-electron chi connectivity index (χ3n) is 4.15. The standard InChI is InChI=1S/C20H27N3O2/c1-6-16(7-2)22-19(23-24)17-10-9-15(5)21-20(17)25-18-11-8-13(3)12-14(18)4/h8-12,16,24H,6-7H2,1-5H3,(H,22,23). The van der Waals surface area contributed by atoms with Gasteiger partial charge in [-0.25, -0.2) is 4.98 Å². The molecule has 0 saturated carbocycles. The smallest absolute Gasteiger partial charge is 0.230 e. The molecule has 25 heavy (non-hydrogen) atoms. The number of pyridine rings is 1. The van der Waals surface area contributed by atoms with E-state index in [9.17, 15) is 5.21 Å². The van der Waals surface area contributed by atoms with Gasteiger partial charge < -0.3 is 4.74 Å². The minimum atomic E-state index is 0.130. The maximum absolute atomic E-state index is 9.61. The monoisotopic (exact) mass is 341 g/mol. The van der Waals surface area contributed by atoms with E-state index in [2.05, 4.69) is 35.4 Å². The number of aryl methyl sites for hydroxylation is 3. The third-order valence-corrected chi connectivity index (χ3v) is 4.15. The number of ether oxygens (including phenoxy) is 1. The maximum atomic E-state index is 9.61. The third kappa shape index (κ3) is 4.79. The van der Waals surface area contributed by atoms with Gasteiger partial charge in [0.25, 0.3) is 0 Å². The van der Waals surface area contributed by atoms with Crippen LogP contribution in [0.1, 0.15) is 49.1 Å². The highest BCUT2D eigenvalue weighted by molar-refractivity contribution is 6.00. The molecule has 1 aromatic heterocycles. The fourth-order valence-electron chi connectivity index (χ4n) is 2.62. The van der Waals surface area contributed by atoms with E-state index >= 15 is 0 Å². The quantitative estimate of drug-likeness (QED) is 0.453. The summed E-state index contributed by atoms with van der Waals surface area (Å²) in [5.41, 5.74) is 5.90. The van der Waals surface area contributed by atoms with E-state index in [-0.39, 0.29) is 6.04 Å². The van der Waals surface area contributed by atoms with Crippen molar-refractivity contribution in [2.24, 2.45) is 4.99 Å². The molecule has 0 bridgehead atoms. The summed E-state index contributed by atoms with van der Waals surface area (Å²) in [6.07, 6.45) is 1.79. The molecule has 1 aromatic carbocycles. The Labute approximate surface area is 149 Å². The van der Waals surface area contributed by atoms with Gasteiger partial charge in [0.05, 0.1) is 11.6 Å². The van der Waals surface area contributed by atoms with E-state index in [1.165, 1.54) is 5.56 Å². The van der Waals surface area contributed by atoms with Crippen LogP contribution in [0.4, 0.5) is 0 Å². The van der Waals surface area contributed by atoms with Gasteiger partial charge in [0, 0.05) is 5.69 Å². The number of nitrogens with zero attached hydrogens (tertiary/aromatic N) is 2. The second-order valence-corrected chi connectivity index (χ2v) is 6.24. The first-order valence-corrected chi connectivity index (χ1v) is 8.69. The highest BCUT2D eigenvalue weighted by atomic mass is 16.5. The first-order chi connectivity index (χ1) is 12.0. The highest BCUT2D eigenvalue weighted by Gasteiger charge is 2.15. The molecule has 0 aliphatic carbocycles. The van der Waals surface area contributed by atoms with E-state index in [0.717, 1.165) is 29.8 Å². The van der Waals surface area contributed by atoms with Crippen LogP contribution in [-0.2, 0) is 0 Å². The second kappa shape index (κ2) is 8.62. The van der Waals surface area contributed by atoms with Crippen molar-refractivity contribution in [2.75, 3.05) is 0 Å². The van der Waals surface area contributed by atoms with Gasteiger partial charge in [0.2, 0.25) is 5.88 Å². The number of benzene rings is 1. The number of nitrogens with one attached hydrogen (secondary N) is 1. The van der Waals surface area contributed by atoms with Crippen molar-refractivity contribution >= 4 is 5.84 Å². The SMILES string of the molecule is CCC(CC)N=C(NO)c1ccc(C)nc1Oc1ccc(C)cc1C. The summed E-state index contributed by atoms with van der Waals surface area (Å²) in [5, 5.41) is 9.61. The average molecular weight is 341 g/mol. The predicted octanol–water partition coefficient (Wildman–Crippen LogP) is 4.71. The van der Waals surface area contributed by atoms with Crippen molar-refractivity contribution < 1.29 is 9.94 Å². The minimum Gasteiger partial charge on any atom is -0.438 e. The molecule has 2 aromatic rings. The summed E-state index contributed by atoms with van der Waals surface area (Å²) in [5.74, 6) is 1.55. The molecule has 0 spiro atoms. The van der Waals surface area contributed by atoms with E-state index in [4.69, 9.17) is 4.74 Å². The van der Waals surface area contributed by atoms with Gasteiger partial charge in [-0.2, -0.15) is 0 Å². The molecule has 0 saturated heterocycles. The van der Waals surface area contributed by atoms with Crippen LogP contribution in [0.2, 0.25) is 0 Å². The summed E-state index contributed by atoms with van der Waals surface area (Å²) in [7, 11) is 0. The Morgan fingerprint density at radius 1 is 1.16 bits per heavy atom. The number of rotatable bonds is 6. The van der Waals surface area contributed by atoms with Gasteiger partial charge in [0.1, 0.15) is 5.75 Å². The van der Waals surface area contributed by atoms with Crippen molar-refractivity contribution in [3.8, 4) is 11.6 Å². The van der Waals surface area contributed by atoms with Gasteiger partial charge >= 0.3 is 0 Å². The zero-order chi connectivity index (χ0) is 18.4. The lowest BCUT2D eigenvalue weighted by molar-refractivity contribution is 0.233. The Balaban J connectivity index is 2.46. The molecule has 0 atom stereocenters. The molecular formula is C20H27N3O2. The zero-order valence-electron chi connectivity index (χ0n) is 15.6. The molecule has 2 N–H and O–H groups in total. The largest absolute Gasteiger partial charge is 0.438 e. The fourth-order valence-corrected chi connectivity index (χ4v) is 2.62. The Bertz CT molecular complexity index is 753. The van der Waals surface area contributed by atoms with Crippen LogP contribution in [0, 0.1) is 20.8 Å². The number of hydrogen-bond donors (Lipinski definition) is 2. The lowest BCUT2D eigenvalue weighted by atomic mass is 10.1. The van der Waals surface area contributed by atoms with Crippen LogP contribution in [-0.4, -0.2) is 22.1 Å². The van der Waals surface area contributed by atoms with Gasteiger partial charge in [-0.1, -0.05) is 31.5 Å². The molecule has 0 fully saturated rings. The van der Waals surface area contributed by atoms with Gasteiger partial charge in [-0.05, 0) is 57.4 Å². The molecule has 134 valence electrons. The van der Waals surface area contributed by atoms with Crippen LogP contribution >= 0.6 is 0 Å². The summed E-state index contributed by atoms with van der Waals surface area (Å²) < 4.78 is 6.06. The summed E-state index contributed by atoms with van der Waals surface area (Å²) in [6.45, 7) is 10.1. The lowest BCUT2D eigenvalue weighted by Crippen LogP contribution is -2.24. The molecule has 0 radical (unpaired) electrons.